The lowest BCUT2D eigenvalue weighted by Crippen LogP contribution is -2.00. The Bertz CT molecular complexity index is 876. The van der Waals surface area contributed by atoms with E-state index < -0.39 is 5.97 Å². The molecule has 148 valence electrons. The highest BCUT2D eigenvalue weighted by Crippen LogP contribution is 2.20. The Morgan fingerprint density at radius 3 is 2.46 bits per heavy atom. The number of hydrogen-bond acceptors (Lipinski definition) is 2. The van der Waals surface area contributed by atoms with Gasteiger partial charge in [0.2, 0.25) is 0 Å². The average Bonchev–Trinajstić information content (AvgIpc) is 3.36. The summed E-state index contributed by atoms with van der Waals surface area (Å²) in [5.41, 5.74) is 3.92. The first-order valence-electron chi connectivity index (χ1n) is 10.2. The summed E-state index contributed by atoms with van der Waals surface area (Å²) >= 11 is 1.38. The quantitative estimate of drug-likeness (QED) is 0.375. The van der Waals surface area contributed by atoms with Crippen LogP contribution in [0.3, 0.4) is 0 Å². The first-order chi connectivity index (χ1) is 13.7. The van der Waals surface area contributed by atoms with Crippen LogP contribution in [0.1, 0.15) is 64.8 Å². The van der Waals surface area contributed by atoms with Gasteiger partial charge in [-0.25, -0.2) is 4.79 Å². The number of unbranched alkanes of at least 4 members (excludes halogenated alkanes) is 3. The molecule has 1 aromatic carbocycles. The highest BCUT2D eigenvalue weighted by atomic mass is 32.1. The molecule has 3 aromatic rings. The van der Waals surface area contributed by atoms with Crippen molar-refractivity contribution in [3.63, 3.8) is 0 Å². The standard InChI is InChI=1S/C24H29NO2S/c1-2-3-4-5-8-19-12-14-21(15-13-19)25-18-7-10-20(25)9-6-11-22-16-17-23(28-22)24(26)27/h7,10,12-18H,2-6,8-9,11H2,1H3,(H,26,27). The van der Waals surface area contributed by atoms with Crippen molar-refractivity contribution in [1.29, 1.82) is 0 Å². The van der Waals surface area contributed by atoms with Crippen LogP contribution >= 0.6 is 11.3 Å². The third-order valence-corrected chi connectivity index (χ3v) is 6.23. The third kappa shape index (κ3) is 5.59. The summed E-state index contributed by atoms with van der Waals surface area (Å²) in [6.45, 7) is 2.25. The minimum absolute atomic E-state index is 0.424. The van der Waals surface area contributed by atoms with E-state index >= 15 is 0 Å². The van der Waals surface area contributed by atoms with Gasteiger partial charge < -0.3 is 9.67 Å². The number of thiophene rings is 1. The predicted molar refractivity (Wildman–Crippen MR) is 117 cm³/mol. The van der Waals surface area contributed by atoms with E-state index in [-0.39, 0.29) is 0 Å². The molecule has 0 aliphatic rings. The lowest BCUT2D eigenvalue weighted by atomic mass is 10.1. The molecule has 3 nitrogen and oxygen atoms in total. The first kappa shape index (κ1) is 20.4. The van der Waals surface area contributed by atoms with Crippen LogP contribution in [0.5, 0.6) is 0 Å². The Balaban J connectivity index is 1.54. The molecule has 0 atom stereocenters. The Kier molecular flexibility index (Phi) is 7.49. The molecule has 0 amide bonds. The van der Waals surface area contributed by atoms with Crippen LogP contribution in [-0.4, -0.2) is 15.6 Å². The van der Waals surface area contributed by atoms with E-state index in [0.717, 1.165) is 30.6 Å². The number of benzene rings is 1. The summed E-state index contributed by atoms with van der Waals surface area (Å²) in [6.07, 6.45) is 11.4. The van der Waals surface area contributed by atoms with Crippen molar-refractivity contribution < 1.29 is 9.90 Å². The number of nitrogens with zero attached hydrogens (tertiary/aromatic N) is 1. The minimum Gasteiger partial charge on any atom is -0.477 e. The van der Waals surface area contributed by atoms with Gasteiger partial charge in [0.15, 0.2) is 0 Å². The highest BCUT2D eigenvalue weighted by molar-refractivity contribution is 7.13. The number of hydrogen-bond donors (Lipinski definition) is 1. The zero-order valence-corrected chi connectivity index (χ0v) is 17.4. The number of aromatic nitrogens is 1. The van der Waals surface area contributed by atoms with Crippen molar-refractivity contribution in [3.05, 3.63) is 75.7 Å². The fourth-order valence-electron chi connectivity index (χ4n) is 3.52. The van der Waals surface area contributed by atoms with Crippen LogP contribution in [0.4, 0.5) is 0 Å². The molecule has 0 aliphatic heterocycles. The second-order valence-electron chi connectivity index (χ2n) is 7.27. The minimum atomic E-state index is -0.834. The molecule has 0 bridgehead atoms. The Morgan fingerprint density at radius 1 is 0.929 bits per heavy atom. The molecule has 0 radical (unpaired) electrons. The monoisotopic (exact) mass is 395 g/mol. The molecule has 0 aliphatic carbocycles. The van der Waals surface area contributed by atoms with Gasteiger partial charge in [0.1, 0.15) is 4.88 Å². The molecule has 2 aromatic heterocycles. The molecule has 2 heterocycles. The summed E-state index contributed by atoms with van der Waals surface area (Å²) in [5, 5.41) is 9.03. The van der Waals surface area contributed by atoms with E-state index in [0.29, 0.717) is 4.88 Å². The van der Waals surface area contributed by atoms with Crippen molar-refractivity contribution in [2.75, 3.05) is 0 Å². The van der Waals surface area contributed by atoms with Gasteiger partial charge >= 0.3 is 5.97 Å². The van der Waals surface area contributed by atoms with E-state index in [1.54, 1.807) is 6.07 Å². The molecule has 3 rings (SSSR count). The van der Waals surface area contributed by atoms with E-state index in [1.807, 2.05) is 6.07 Å². The van der Waals surface area contributed by atoms with Gasteiger partial charge in [-0.1, -0.05) is 38.3 Å². The smallest absolute Gasteiger partial charge is 0.345 e. The van der Waals surface area contributed by atoms with Crippen molar-refractivity contribution >= 4 is 17.3 Å². The second-order valence-corrected chi connectivity index (χ2v) is 8.44. The fourth-order valence-corrected chi connectivity index (χ4v) is 4.41. The van der Waals surface area contributed by atoms with Crippen LogP contribution in [0.2, 0.25) is 0 Å². The van der Waals surface area contributed by atoms with Crippen LogP contribution < -0.4 is 0 Å². The summed E-state index contributed by atoms with van der Waals surface area (Å²) < 4.78 is 2.26. The number of rotatable bonds is 11. The van der Waals surface area contributed by atoms with E-state index in [1.165, 1.54) is 54.0 Å². The van der Waals surface area contributed by atoms with Gasteiger partial charge in [-0.2, -0.15) is 0 Å². The molecular weight excluding hydrogens is 366 g/mol. The summed E-state index contributed by atoms with van der Waals surface area (Å²) in [4.78, 5) is 12.6. The second kappa shape index (κ2) is 10.3. The molecule has 4 heteroatoms. The van der Waals surface area contributed by atoms with Crippen LogP contribution in [0, 0.1) is 0 Å². The number of aryl methyl sites for hydroxylation is 3. The Morgan fingerprint density at radius 2 is 1.75 bits per heavy atom. The van der Waals surface area contributed by atoms with E-state index in [2.05, 4.69) is 54.1 Å². The molecule has 0 unspecified atom stereocenters. The van der Waals surface area contributed by atoms with Crippen molar-refractivity contribution in [2.24, 2.45) is 0 Å². The van der Waals surface area contributed by atoms with Gasteiger partial charge in [0, 0.05) is 22.5 Å². The normalized spacial score (nSPS) is 11.0. The zero-order chi connectivity index (χ0) is 19.8. The van der Waals surface area contributed by atoms with Crippen LogP contribution in [-0.2, 0) is 19.3 Å². The molecule has 28 heavy (non-hydrogen) atoms. The maximum Gasteiger partial charge on any atom is 0.345 e. The SMILES string of the molecule is CCCCCCc1ccc(-n2cccc2CCCc2ccc(C(=O)O)s2)cc1. The lowest BCUT2D eigenvalue weighted by molar-refractivity contribution is 0.0702. The van der Waals surface area contributed by atoms with Crippen LogP contribution in [0.25, 0.3) is 5.69 Å². The number of carboxylic acid groups (broad SMARTS) is 1. The summed E-state index contributed by atoms with van der Waals surface area (Å²) in [5.74, 6) is -0.834. The maximum absolute atomic E-state index is 11.0. The van der Waals surface area contributed by atoms with Crippen molar-refractivity contribution in [3.8, 4) is 5.69 Å². The van der Waals surface area contributed by atoms with Gasteiger partial charge in [0.05, 0.1) is 0 Å². The predicted octanol–water partition coefficient (Wildman–Crippen LogP) is 6.54. The van der Waals surface area contributed by atoms with Crippen molar-refractivity contribution in [1.82, 2.24) is 4.57 Å². The number of carbonyl (C=O) groups is 1. The first-order valence-corrected chi connectivity index (χ1v) is 11.1. The number of aromatic carboxylic acids is 1. The van der Waals surface area contributed by atoms with Crippen LogP contribution in [0.15, 0.2) is 54.7 Å². The number of carboxylic acids is 1. The average molecular weight is 396 g/mol. The fraction of sp³-hybridized carbons (Fsp3) is 0.375. The van der Waals surface area contributed by atoms with Crippen molar-refractivity contribution in [2.45, 2.75) is 58.3 Å². The maximum atomic E-state index is 11.0. The Labute approximate surface area is 171 Å². The molecule has 0 fully saturated rings. The zero-order valence-electron chi connectivity index (χ0n) is 16.6. The van der Waals surface area contributed by atoms with E-state index in [4.69, 9.17) is 5.11 Å². The lowest BCUT2D eigenvalue weighted by Gasteiger charge is -2.10. The van der Waals surface area contributed by atoms with Gasteiger partial charge in [-0.05, 0) is 74.1 Å². The van der Waals surface area contributed by atoms with E-state index in [9.17, 15) is 4.79 Å². The van der Waals surface area contributed by atoms with Gasteiger partial charge in [0.25, 0.3) is 0 Å². The Hall–Kier alpha value is -2.33. The third-order valence-electron chi connectivity index (χ3n) is 5.10. The molecule has 0 saturated heterocycles. The molecule has 0 saturated carbocycles. The van der Waals surface area contributed by atoms with Gasteiger partial charge in [-0.3, -0.25) is 0 Å². The summed E-state index contributed by atoms with van der Waals surface area (Å²) in [7, 11) is 0. The largest absolute Gasteiger partial charge is 0.477 e. The molecular formula is C24H29NO2S. The highest BCUT2D eigenvalue weighted by Gasteiger charge is 2.08. The summed E-state index contributed by atoms with van der Waals surface area (Å²) in [6, 6.07) is 16.9. The molecule has 0 spiro atoms. The molecule has 1 N–H and O–H groups in total. The topological polar surface area (TPSA) is 42.2 Å². The van der Waals surface area contributed by atoms with Gasteiger partial charge in [-0.15, -0.1) is 11.3 Å².